The number of hydrogen-bond acceptors (Lipinski definition) is 7. The third kappa shape index (κ3) is 4.24. The van der Waals surface area contributed by atoms with Crippen molar-refractivity contribution >= 4 is 23.6 Å². The van der Waals surface area contributed by atoms with Crippen molar-refractivity contribution in [1.82, 2.24) is 4.90 Å². The molecule has 9 nitrogen and oxygen atoms in total. The maximum atomic E-state index is 12.6. The number of nitrogens with zero attached hydrogens (tertiary/aromatic N) is 2. The van der Waals surface area contributed by atoms with E-state index < -0.39 is 10.9 Å². The average molecular weight is 416 g/mol. The second-order valence-corrected chi connectivity index (χ2v) is 7.80. The first kappa shape index (κ1) is 20.2. The Morgan fingerprint density at radius 2 is 1.90 bits per heavy atom. The normalized spacial score (nSPS) is 22.6. The second kappa shape index (κ2) is 8.73. The zero-order valence-electron chi connectivity index (χ0n) is 16.6. The lowest BCUT2D eigenvalue weighted by molar-refractivity contribution is -0.385. The van der Waals surface area contributed by atoms with Gasteiger partial charge in [0.05, 0.1) is 16.6 Å². The van der Waals surface area contributed by atoms with Crippen molar-refractivity contribution in [3.05, 3.63) is 33.9 Å². The van der Waals surface area contributed by atoms with Gasteiger partial charge in [-0.1, -0.05) is 12.8 Å². The third-order valence-electron chi connectivity index (χ3n) is 6.02. The van der Waals surface area contributed by atoms with E-state index in [-0.39, 0.29) is 42.3 Å². The standard InChI is InChI=1S/C21H24N2O7/c24-20(22-9-3-5-14-4-1-2-6-16(14)22)12-28-21(25)8-7-15-10-18-19(30-13-29-18)11-17(15)23(26)27/h7-8,10-11,14,16H,1-6,9,12-13H2/b8-7+/t14-,16-/m0/s1. The number of nitro groups is 1. The Morgan fingerprint density at radius 3 is 2.70 bits per heavy atom. The van der Waals surface area contributed by atoms with Crippen LogP contribution in [0.15, 0.2) is 18.2 Å². The van der Waals surface area contributed by atoms with E-state index in [1.54, 1.807) is 0 Å². The van der Waals surface area contributed by atoms with E-state index in [9.17, 15) is 19.7 Å². The topological polar surface area (TPSA) is 108 Å². The first-order valence-corrected chi connectivity index (χ1v) is 10.3. The number of nitro benzene ring substituents is 1. The molecule has 1 aromatic carbocycles. The molecule has 2 atom stereocenters. The highest BCUT2D eigenvalue weighted by Gasteiger charge is 2.35. The van der Waals surface area contributed by atoms with Crippen LogP contribution in [0.2, 0.25) is 0 Å². The fraction of sp³-hybridized carbons (Fsp3) is 0.524. The molecule has 1 amide bonds. The van der Waals surface area contributed by atoms with Crippen molar-refractivity contribution in [3.8, 4) is 11.5 Å². The number of likely N-dealkylation sites (tertiary alicyclic amines) is 1. The predicted molar refractivity (Wildman–Crippen MR) is 106 cm³/mol. The first-order chi connectivity index (χ1) is 14.5. The smallest absolute Gasteiger partial charge is 0.331 e. The SMILES string of the molecule is O=C(/C=C/c1cc2c(cc1[N+](=O)[O-])OCO2)OCC(=O)N1CCC[C@@H]2CCCC[C@@H]21. The summed E-state index contributed by atoms with van der Waals surface area (Å²) in [4.78, 5) is 37.3. The van der Waals surface area contributed by atoms with E-state index in [0.29, 0.717) is 18.2 Å². The van der Waals surface area contributed by atoms with Gasteiger partial charge in [-0.3, -0.25) is 14.9 Å². The number of carbonyl (C=O) groups excluding carboxylic acids is 2. The summed E-state index contributed by atoms with van der Waals surface area (Å²) in [5.41, 5.74) is -0.0235. The van der Waals surface area contributed by atoms with Gasteiger partial charge in [0.2, 0.25) is 6.79 Å². The summed E-state index contributed by atoms with van der Waals surface area (Å²) in [5.74, 6) is 0.305. The van der Waals surface area contributed by atoms with Crippen LogP contribution < -0.4 is 9.47 Å². The molecule has 1 aromatic rings. The highest BCUT2D eigenvalue weighted by molar-refractivity contribution is 5.90. The van der Waals surface area contributed by atoms with Gasteiger partial charge in [0.15, 0.2) is 18.1 Å². The second-order valence-electron chi connectivity index (χ2n) is 7.80. The maximum Gasteiger partial charge on any atom is 0.331 e. The Labute approximate surface area is 173 Å². The fourth-order valence-corrected chi connectivity index (χ4v) is 4.59. The van der Waals surface area contributed by atoms with Crippen molar-refractivity contribution in [3.63, 3.8) is 0 Å². The molecule has 4 rings (SSSR count). The van der Waals surface area contributed by atoms with Crippen molar-refractivity contribution in [2.75, 3.05) is 19.9 Å². The highest BCUT2D eigenvalue weighted by Crippen LogP contribution is 2.38. The predicted octanol–water partition coefficient (Wildman–Crippen LogP) is 3.06. The molecule has 2 heterocycles. The lowest BCUT2D eigenvalue weighted by Gasteiger charge is -2.44. The summed E-state index contributed by atoms with van der Waals surface area (Å²) in [7, 11) is 0. The Hall–Kier alpha value is -3.10. The third-order valence-corrected chi connectivity index (χ3v) is 6.02. The van der Waals surface area contributed by atoms with Crippen LogP contribution >= 0.6 is 0 Å². The van der Waals surface area contributed by atoms with Crippen molar-refractivity contribution in [1.29, 1.82) is 0 Å². The van der Waals surface area contributed by atoms with Crippen LogP contribution in [0.25, 0.3) is 6.08 Å². The molecule has 3 aliphatic rings. The Morgan fingerprint density at radius 1 is 1.17 bits per heavy atom. The molecule has 2 fully saturated rings. The lowest BCUT2D eigenvalue weighted by atomic mass is 9.78. The number of rotatable bonds is 5. The molecular weight excluding hydrogens is 392 g/mol. The minimum atomic E-state index is -0.729. The summed E-state index contributed by atoms with van der Waals surface area (Å²) in [5, 5.41) is 11.3. The van der Waals surface area contributed by atoms with Gasteiger partial charge in [-0.05, 0) is 43.7 Å². The Balaban J connectivity index is 1.36. The summed E-state index contributed by atoms with van der Waals surface area (Å²) in [6, 6.07) is 2.95. The molecule has 0 unspecified atom stereocenters. The highest BCUT2D eigenvalue weighted by atomic mass is 16.7. The van der Waals surface area contributed by atoms with Gasteiger partial charge < -0.3 is 19.1 Å². The quantitative estimate of drug-likeness (QED) is 0.314. The number of benzene rings is 1. The number of amides is 1. The van der Waals surface area contributed by atoms with Gasteiger partial charge in [0.1, 0.15) is 0 Å². The molecule has 1 aliphatic carbocycles. The zero-order chi connectivity index (χ0) is 21.1. The van der Waals surface area contributed by atoms with Gasteiger partial charge >= 0.3 is 5.97 Å². The van der Waals surface area contributed by atoms with Crippen LogP contribution in [-0.4, -0.2) is 47.7 Å². The maximum absolute atomic E-state index is 12.6. The molecule has 160 valence electrons. The summed E-state index contributed by atoms with van der Waals surface area (Å²) in [6.07, 6.45) is 9.02. The number of esters is 1. The van der Waals surface area contributed by atoms with Gasteiger partial charge in [-0.15, -0.1) is 0 Å². The summed E-state index contributed by atoms with van der Waals surface area (Å²) in [6.45, 7) is 0.370. The summed E-state index contributed by atoms with van der Waals surface area (Å²) < 4.78 is 15.5. The number of fused-ring (bicyclic) bond motifs is 2. The van der Waals surface area contributed by atoms with Crippen LogP contribution in [0.1, 0.15) is 44.1 Å². The Bertz CT molecular complexity index is 880. The number of piperidine rings is 1. The van der Waals surface area contributed by atoms with Gasteiger partial charge in [0, 0.05) is 18.7 Å². The van der Waals surface area contributed by atoms with Crippen molar-refractivity contribution in [2.45, 2.75) is 44.6 Å². The molecule has 0 aromatic heterocycles. The zero-order valence-corrected chi connectivity index (χ0v) is 16.6. The monoisotopic (exact) mass is 416 g/mol. The molecule has 0 spiro atoms. The first-order valence-electron chi connectivity index (χ1n) is 10.3. The molecule has 30 heavy (non-hydrogen) atoms. The molecule has 0 N–H and O–H groups in total. The van der Waals surface area contributed by atoms with Gasteiger partial charge in [0.25, 0.3) is 11.6 Å². The number of carbonyl (C=O) groups is 2. The van der Waals surface area contributed by atoms with Crippen LogP contribution in [0, 0.1) is 16.0 Å². The molecule has 0 radical (unpaired) electrons. The number of ether oxygens (including phenoxy) is 3. The number of hydrogen-bond donors (Lipinski definition) is 0. The van der Waals surface area contributed by atoms with Crippen LogP contribution in [0.3, 0.4) is 0 Å². The summed E-state index contributed by atoms with van der Waals surface area (Å²) >= 11 is 0. The molecule has 2 aliphatic heterocycles. The molecule has 0 bridgehead atoms. The minimum Gasteiger partial charge on any atom is -0.454 e. The van der Waals surface area contributed by atoms with E-state index in [1.807, 2.05) is 4.90 Å². The van der Waals surface area contributed by atoms with E-state index in [1.165, 1.54) is 24.6 Å². The molecule has 1 saturated heterocycles. The van der Waals surface area contributed by atoms with Crippen LogP contribution in [-0.2, 0) is 14.3 Å². The largest absolute Gasteiger partial charge is 0.454 e. The minimum absolute atomic E-state index is 0.0117. The van der Waals surface area contributed by atoms with Crippen molar-refractivity contribution in [2.24, 2.45) is 5.92 Å². The average Bonchev–Trinajstić information content (AvgIpc) is 3.22. The molecular formula is C21H24N2O7. The fourth-order valence-electron chi connectivity index (χ4n) is 4.59. The van der Waals surface area contributed by atoms with Gasteiger partial charge in [-0.25, -0.2) is 4.79 Å². The van der Waals surface area contributed by atoms with E-state index in [2.05, 4.69) is 0 Å². The van der Waals surface area contributed by atoms with Gasteiger partial charge in [-0.2, -0.15) is 0 Å². The van der Waals surface area contributed by atoms with E-state index in [0.717, 1.165) is 38.2 Å². The van der Waals surface area contributed by atoms with Crippen LogP contribution in [0.5, 0.6) is 11.5 Å². The molecule has 1 saturated carbocycles. The lowest BCUT2D eigenvalue weighted by Crippen LogP contribution is -2.50. The Kier molecular flexibility index (Phi) is 5.87. The molecule has 9 heteroatoms. The van der Waals surface area contributed by atoms with E-state index >= 15 is 0 Å². The van der Waals surface area contributed by atoms with Crippen molar-refractivity contribution < 1.29 is 28.7 Å². The van der Waals surface area contributed by atoms with Crippen LogP contribution in [0.4, 0.5) is 5.69 Å². The van der Waals surface area contributed by atoms with E-state index in [4.69, 9.17) is 14.2 Å².